The van der Waals surface area contributed by atoms with Crippen LogP contribution in [0.5, 0.6) is 0 Å². The van der Waals surface area contributed by atoms with Crippen LogP contribution in [0, 0.1) is 6.92 Å². The SMILES string of the molecule is CCCCCCOCC(NC)c1cccc(C)c1. The van der Waals surface area contributed by atoms with Crippen LogP contribution in [0.4, 0.5) is 0 Å². The van der Waals surface area contributed by atoms with E-state index in [0.29, 0.717) is 6.04 Å². The summed E-state index contributed by atoms with van der Waals surface area (Å²) in [5.74, 6) is 0. The van der Waals surface area contributed by atoms with Crippen LogP contribution in [-0.2, 0) is 4.74 Å². The van der Waals surface area contributed by atoms with Gasteiger partial charge in [0.15, 0.2) is 0 Å². The van der Waals surface area contributed by atoms with Crippen molar-refractivity contribution < 1.29 is 4.74 Å². The Balaban J connectivity index is 2.29. The van der Waals surface area contributed by atoms with E-state index in [1.54, 1.807) is 0 Å². The van der Waals surface area contributed by atoms with Crippen LogP contribution in [-0.4, -0.2) is 20.3 Å². The molecule has 2 heteroatoms. The molecule has 0 aliphatic rings. The quantitative estimate of drug-likeness (QED) is 0.671. The van der Waals surface area contributed by atoms with Gasteiger partial charge in [-0.25, -0.2) is 0 Å². The van der Waals surface area contributed by atoms with E-state index in [0.717, 1.165) is 13.2 Å². The Bertz CT molecular complexity index is 325. The molecule has 18 heavy (non-hydrogen) atoms. The Morgan fingerprint density at radius 2 is 2.06 bits per heavy atom. The van der Waals surface area contributed by atoms with Crippen molar-refractivity contribution in [3.63, 3.8) is 0 Å². The minimum absolute atomic E-state index is 0.302. The molecule has 1 unspecified atom stereocenters. The third kappa shape index (κ3) is 5.65. The van der Waals surface area contributed by atoms with Gasteiger partial charge in [-0.05, 0) is 26.0 Å². The molecule has 1 aromatic carbocycles. The van der Waals surface area contributed by atoms with Crippen LogP contribution < -0.4 is 5.32 Å². The first-order valence-electron chi connectivity index (χ1n) is 7.09. The van der Waals surface area contributed by atoms with E-state index in [2.05, 4.69) is 43.4 Å². The van der Waals surface area contributed by atoms with Crippen LogP contribution in [0.15, 0.2) is 24.3 Å². The monoisotopic (exact) mass is 249 g/mol. The molecule has 0 aliphatic carbocycles. The lowest BCUT2D eigenvalue weighted by Gasteiger charge is -2.17. The number of hydrogen-bond donors (Lipinski definition) is 1. The predicted molar refractivity (Wildman–Crippen MR) is 77.9 cm³/mol. The van der Waals surface area contributed by atoms with Gasteiger partial charge in [0.1, 0.15) is 0 Å². The summed E-state index contributed by atoms with van der Waals surface area (Å²) >= 11 is 0. The second-order valence-electron chi connectivity index (χ2n) is 4.89. The van der Waals surface area contributed by atoms with E-state index in [1.807, 2.05) is 7.05 Å². The maximum absolute atomic E-state index is 5.77. The Morgan fingerprint density at radius 1 is 1.22 bits per heavy atom. The Labute approximate surface area is 112 Å². The number of nitrogens with one attached hydrogen (secondary N) is 1. The topological polar surface area (TPSA) is 21.3 Å². The normalized spacial score (nSPS) is 12.6. The van der Waals surface area contributed by atoms with Crippen LogP contribution >= 0.6 is 0 Å². The molecule has 0 radical (unpaired) electrons. The molecule has 0 spiro atoms. The van der Waals surface area contributed by atoms with Crippen molar-refractivity contribution in [1.82, 2.24) is 5.32 Å². The number of rotatable bonds is 9. The summed E-state index contributed by atoms with van der Waals surface area (Å²) in [6.07, 6.45) is 5.06. The Kier molecular flexibility index (Phi) is 7.70. The van der Waals surface area contributed by atoms with Gasteiger partial charge < -0.3 is 10.1 Å². The summed E-state index contributed by atoms with van der Waals surface area (Å²) in [6.45, 7) is 5.99. The number of ether oxygens (including phenoxy) is 1. The number of benzene rings is 1. The first-order valence-corrected chi connectivity index (χ1v) is 7.09. The molecule has 102 valence electrons. The highest BCUT2D eigenvalue weighted by Gasteiger charge is 2.08. The average Bonchev–Trinajstić information content (AvgIpc) is 2.38. The number of likely N-dealkylation sites (N-methyl/N-ethyl adjacent to an activating group) is 1. The van der Waals surface area contributed by atoms with Crippen molar-refractivity contribution in [3.8, 4) is 0 Å². The minimum Gasteiger partial charge on any atom is -0.379 e. The van der Waals surface area contributed by atoms with Gasteiger partial charge in [0.05, 0.1) is 12.6 Å². The smallest absolute Gasteiger partial charge is 0.0661 e. The average molecular weight is 249 g/mol. The second-order valence-corrected chi connectivity index (χ2v) is 4.89. The minimum atomic E-state index is 0.302. The standard InChI is InChI=1S/C16H27NO/c1-4-5-6-7-11-18-13-16(17-3)15-10-8-9-14(2)12-15/h8-10,12,16-17H,4-7,11,13H2,1-3H3. The van der Waals surface area contributed by atoms with Crippen LogP contribution in [0.2, 0.25) is 0 Å². The molecule has 0 saturated heterocycles. The van der Waals surface area contributed by atoms with Gasteiger partial charge in [-0.3, -0.25) is 0 Å². The lowest BCUT2D eigenvalue weighted by atomic mass is 10.1. The highest BCUT2D eigenvalue weighted by molar-refractivity contribution is 5.25. The molecule has 0 amide bonds. The van der Waals surface area contributed by atoms with Gasteiger partial charge in [-0.15, -0.1) is 0 Å². The van der Waals surface area contributed by atoms with Gasteiger partial charge in [-0.1, -0.05) is 56.0 Å². The molecule has 0 saturated carbocycles. The van der Waals surface area contributed by atoms with E-state index >= 15 is 0 Å². The molecule has 0 heterocycles. The Hall–Kier alpha value is -0.860. The molecular weight excluding hydrogens is 222 g/mol. The number of hydrogen-bond acceptors (Lipinski definition) is 2. The fourth-order valence-corrected chi connectivity index (χ4v) is 2.07. The fourth-order valence-electron chi connectivity index (χ4n) is 2.07. The van der Waals surface area contributed by atoms with E-state index in [-0.39, 0.29) is 0 Å². The van der Waals surface area contributed by atoms with Gasteiger partial charge >= 0.3 is 0 Å². The molecular formula is C16H27NO. The van der Waals surface area contributed by atoms with Crippen molar-refractivity contribution in [2.45, 2.75) is 45.6 Å². The van der Waals surface area contributed by atoms with Crippen molar-refractivity contribution in [2.75, 3.05) is 20.3 Å². The maximum Gasteiger partial charge on any atom is 0.0661 e. The lowest BCUT2D eigenvalue weighted by Crippen LogP contribution is -2.22. The largest absolute Gasteiger partial charge is 0.379 e. The van der Waals surface area contributed by atoms with Crippen molar-refractivity contribution in [3.05, 3.63) is 35.4 Å². The fraction of sp³-hybridized carbons (Fsp3) is 0.625. The second kappa shape index (κ2) is 9.12. The van der Waals surface area contributed by atoms with Crippen LogP contribution in [0.3, 0.4) is 0 Å². The van der Waals surface area contributed by atoms with Gasteiger partial charge in [-0.2, -0.15) is 0 Å². The molecule has 1 rings (SSSR count). The third-order valence-corrected chi connectivity index (χ3v) is 3.22. The zero-order chi connectivity index (χ0) is 13.2. The van der Waals surface area contributed by atoms with Crippen LogP contribution in [0.1, 0.15) is 49.8 Å². The molecule has 0 aromatic heterocycles. The van der Waals surface area contributed by atoms with Gasteiger partial charge in [0, 0.05) is 6.61 Å². The van der Waals surface area contributed by atoms with E-state index < -0.39 is 0 Å². The summed E-state index contributed by atoms with van der Waals surface area (Å²) in [6, 6.07) is 8.92. The summed E-state index contributed by atoms with van der Waals surface area (Å²) in [4.78, 5) is 0. The number of aryl methyl sites for hydroxylation is 1. The summed E-state index contributed by atoms with van der Waals surface area (Å²) < 4.78 is 5.77. The van der Waals surface area contributed by atoms with Crippen molar-refractivity contribution in [1.29, 1.82) is 0 Å². The predicted octanol–water partition coefficient (Wildman–Crippen LogP) is 3.85. The zero-order valence-corrected chi connectivity index (χ0v) is 12.0. The number of unbranched alkanes of at least 4 members (excludes halogenated alkanes) is 3. The molecule has 1 N–H and O–H groups in total. The summed E-state index contributed by atoms with van der Waals surface area (Å²) in [7, 11) is 1.99. The summed E-state index contributed by atoms with van der Waals surface area (Å²) in [5.41, 5.74) is 2.61. The first kappa shape index (κ1) is 15.2. The van der Waals surface area contributed by atoms with E-state index in [9.17, 15) is 0 Å². The van der Waals surface area contributed by atoms with Crippen molar-refractivity contribution >= 4 is 0 Å². The van der Waals surface area contributed by atoms with E-state index in [1.165, 1.54) is 36.8 Å². The van der Waals surface area contributed by atoms with Crippen molar-refractivity contribution in [2.24, 2.45) is 0 Å². The van der Waals surface area contributed by atoms with Crippen LogP contribution in [0.25, 0.3) is 0 Å². The molecule has 0 bridgehead atoms. The molecule has 0 aliphatic heterocycles. The highest BCUT2D eigenvalue weighted by Crippen LogP contribution is 2.14. The summed E-state index contributed by atoms with van der Waals surface area (Å²) in [5, 5.41) is 3.32. The highest BCUT2D eigenvalue weighted by atomic mass is 16.5. The third-order valence-electron chi connectivity index (χ3n) is 3.22. The zero-order valence-electron chi connectivity index (χ0n) is 12.0. The molecule has 1 aromatic rings. The molecule has 1 atom stereocenters. The maximum atomic E-state index is 5.77. The molecule has 2 nitrogen and oxygen atoms in total. The Morgan fingerprint density at radius 3 is 2.72 bits per heavy atom. The van der Waals surface area contributed by atoms with Gasteiger partial charge in [0.2, 0.25) is 0 Å². The molecule has 0 fully saturated rings. The first-order chi connectivity index (χ1) is 8.77. The van der Waals surface area contributed by atoms with Gasteiger partial charge in [0.25, 0.3) is 0 Å². The van der Waals surface area contributed by atoms with E-state index in [4.69, 9.17) is 4.74 Å². The lowest BCUT2D eigenvalue weighted by molar-refractivity contribution is 0.110.